The van der Waals surface area contributed by atoms with E-state index in [2.05, 4.69) is 37.2 Å². The van der Waals surface area contributed by atoms with Crippen molar-refractivity contribution < 1.29 is 4.39 Å². The van der Waals surface area contributed by atoms with Crippen molar-refractivity contribution in [2.75, 3.05) is 5.32 Å². The monoisotopic (exact) mass is 357 g/mol. The maximum atomic E-state index is 13.5. The molecule has 0 fully saturated rings. The molecule has 0 heterocycles. The van der Waals surface area contributed by atoms with Crippen molar-refractivity contribution in [1.82, 2.24) is 0 Å². The Kier molecular flexibility index (Phi) is 4.18. The van der Waals surface area contributed by atoms with Gasteiger partial charge in [0.05, 0.1) is 5.69 Å². The van der Waals surface area contributed by atoms with Crippen molar-refractivity contribution >= 4 is 37.5 Å². The van der Waals surface area contributed by atoms with Crippen molar-refractivity contribution in [3.8, 4) is 0 Å². The second kappa shape index (κ2) is 5.65. The van der Waals surface area contributed by atoms with E-state index in [1.165, 1.54) is 6.07 Å². The van der Waals surface area contributed by atoms with Crippen molar-refractivity contribution in [2.24, 2.45) is 0 Å². The number of hydrogen-bond donors (Lipinski definition) is 1. The molecule has 0 aromatic heterocycles. The first-order chi connectivity index (χ1) is 8.16. The zero-order valence-electron chi connectivity index (χ0n) is 8.88. The molecule has 88 valence electrons. The number of rotatable bonds is 3. The topological polar surface area (TPSA) is 12.0 Å². The number of para-hydroxylation sites is 1. The zero-order chi connectivity index (χ0) is 12.3. The minimum atomic E-state index is -0.253. The second-order valence-electron chi connectivity index (χ2n) is 3.58. The normalized spacial score (nSPS) is 10.3. The fraction of sp³-hybridized carbons (Fsp3) is 0.0769. The van der Waals surface area contributed by atoms with Crippen molar-refractivity contribution in [2.45, 2.75) is 6.54 Å². The van der Waals surface area contributed by atoms with Gasteiger partial charge in [-0.1, -0.05) is 34.1 Å². The highest BCUT2D eigenvalue weighted by Gasteiger charge is 2.05. The smallest absolute Gasteiger partial charge is 0.147 e. The second-order valence-corrected chi connectivity index (χ2v) is 5.35. The molecule has 0 bridgehead atoms. The number of hydrogen-bond acceptors (Lipinski definition) is 1. The maximum absolute atomic E-state index is 13.5. The Morgan fingerprint density at radius 3 is 2.35 bits per heavy atom. The highest BCUT2D eigenvalue weighted by atomic mass is 79.9. The molecular formula is C13H10Br2FN. The zero-order valence-corrected chi connectivity index (χ0v) is 12.1. The van der Waals surface area contributed by atoms with Gasteiger partial charge >= 0.3 is 0 Å². The van der Waals surface area contributed by atoms with Crippen LogP contribution in [0, 0.1) is 5.82 Å². The predicted molar refractivity (Wildman–Crippen MR) is 75.6 cm³/mol. The lowest BCUT2D eigenvalue weighted by molar-refractivity contribution is 0.629. The van der Waals surface area contributed by atoms with Gasteiger partial charge in [0.25, 0.3) is 0 Å². The van der Waals surface area contributed by atoms with Gasteiger partial charge in [0.2, 0.25) is 0 Å². The standard InChI is InChI=1S/C13H10Br2FN/c14-10-6-4-9(5-7-10)8-17-13-11(15)2-1-3-12(13)16/h1-7,17H,8H2. The van der Waals surface area contributed by atoms with Crippen LogP contribution >= 0.6 is 31.9 Å². The molecule has 0 aliphatic carbocycles. The van der Waals surface area contributed by atoms with Crippen LogP contribution < -0.4 is 5.32 Å². The van der Waals surface area contributed by atoms with Gasteiger partial charge in [-0.25, -0.2) is 4.39 Å². The molecule has 1 N–H and O–H groups in total. The molecule has 0 saturated heterocycles. The molecule has 0 atom stereocenters. The Labute approximate surface area is 116 Å². The molecule has 0 spiro atoms. The maximum Gasteiger partial charge on any atom is 0.147 e. The largest absolute Gasteiger partial charge is 0.378 e. The van der Waals surface area contributed by atoms with Crippen LogP contribution in [-0.2, 0) is 6.54 Å². The van der Waals surface area contributed by atoms with Gasteiger partial charge in [-0.2, -0.15) is 0 Å². The summed E-state index contributed by atoms with van der Waals surface area (Å²) in [6.07, 6.45) is 0. The fourth-order valence-electron chi connectivity index (χ4n) is 1.46. The first kappa shape index (κ1) is 12.6. The lowest BCUT2D eigenvalue weighted by Gasteiger charge is -2.09. The van der Waals surface area contributed by atoms with E-state index < -0.39 is 0 Å². The third kappa shape index (κ3) is 3.30. The molecule has 0 saturated carbocycles. The van der Waals surface area contributed by atoms with Crippen molar-refractivity contribution in [3.63, 3.8) is 0 Å². The first-order valence-electron chi connectivity index (χ1n) is 5.09. The lowest BCUT2D eigenvalue weighted by Crippen LogP contribution is -2.02. The van der Waals surface area contributed by atoms with E-state index in [4.69, 9.17) is 0 Å². The third-order valence-corrected chi connectivity index (χ3v) is 3.53. The number of anilines is 1. The number of benzene rings is 2. The quantitative estimate of drug-likeness (QED) is 0.817. The van der Waals surface area contributed by atoms with Crippen LogP contribution in [0.1, 0.15) is 5.56 Å². The average molecular weight is 359 g/mol. The van der Waals surface area contributed by atoms with Gasteiger partial charge < -0.3 is 5.32 Å². The van der Waals surface area contributed by atoms with Crippen LogP contribution in [0.15, 0.2) is 51.4 Å². The molecule has 0 unspecified atom stereocenters. The highest BCUT2D eigenvalue weighted by Crippen LogP contribution is 2.25. The van der Waals surface area contributed by atoms with Gasteiger partial charge in [-0.05, 0) is 45.8 Å². The van der Waals surface area contributed by atoms with Gasteiger partial charge in [0.15, 0.2) is 0 Å². The molecule has 1 nitrogen and oxygen atoms in total. The van der Waals surface area contributed by atoms with Crippen LogP contribution in [0.2, 0.25) is 0 Å². The molecule has 2 aromatic rings. The Morgan fingerprint density at radius 2 is 1.71 bits per heavy atom. The summed E-state index contributed by atoms with van der Waals surface area (Å²) in [5, 5.41) is 3.08. The Balaban J connectivity index is 2.10. The van der Waals surface area contributed by atoms with Gasteiger partial charge in [-0.15, -0.1) is 0 Å². The number of nitrogens with one attached hydrogen (secondary N) is 1. The summed E-state index contributed by atoms with van der Waals surface area (Å²) >= 11 is 6.70. The number of halogens is 3. The summed E-state index contributed by atoms with van der Waals surface area (Å²) in [6, 6.07) is 12.8. The first-order valence-corrected chi connectivity index (χ1v) is 6.68. The van der Waals surface area contributed by atoms with Crippen molar-refractivity contribution in [1.29, 1.82) is 0 Å². The molecule has 0 aliphatic rings. The van der Waals surface area contributed by atoms with E-state index in [9.17, 15) is 4.39 Å². The average Bonchev–Trinajstić information content (AvgIpc) is 2.31. The predicted octanol–water partition coefficient (Wildman–Crippen LogP) is 4.96. The molecule has 0 radical (unpaired) electrons. The van der Waals surface area contributed by atoms with Gasteiger partial charge in [-0.3, -0.25) is 0 Å². The lowest BCUT2D eigenvalue weighted by atomic mass is 10.2. The van der Waals surface area contributed by atoms with E-state index in [1.54, 1.807) is 6.07 Å². The van der Waals surface area contributed by atoms with Crippen molar-refractivity contribution in [3.05, 3.63) is 62.8 Å². The minimum absolute atomic E-state index is 0.253. The third-order valence-electron chi connectivity index (χ3n) is 2.35. The van der Waals surface area contributed by atoms with Gasteiger partial charge in [0.1, 0.15) is 5.82 Å². The fourth-order valence-corrected chi connectivity index (χ4v) is 2.21. The molecule has 17 heavy (non-hydrogen) atoms. The summed E-state index contributed by atoms with van der Waals surface area (Å²) in [7, 11) is 0. The molecule has 2 rings (SSSR count). The molecular weight excluding hydrogens is 349 g/mol. The van der Waals surface area contributed by atoms with E-state index in [-0.39, 0.29) is 5.82 Å². The Bertz CT molecular complexity index is 491. The summed E-state index contributed by atoms with van der Waals surface area (Å²) in [5.41, 5.74) is 1.60. The van der Waals surface area contributed by atoms with Crippen LogP contribution in [-0.4, -0.2) is 0 Å². The summed E-state index contributed by atoms with van der Waals surface area (Å²) in [6.45, 7) is 0.590. The van der Waals surface area contributed by atoms with Gasteiger partial charge in [0, 0.05) is 15.5 Å². The molecule has 0 amide bonds. The Hall–Kier alpha value is -0.870. The van der Waals surface area contributed by atoms with E-state index in [1.807, 2.05) is 30.3 Å². The molecule has 2 aromatic carbocycles. The summed E-state index contributed by atoms with van der Waals surface area (Å²) in [4.78, 5) is 0. The molecule has 4 heteroatoms. The SMILES string of the molecule is Fc1cccc(Br)c1NCc1ccc(Br)cc1. The van der Waals surface area contributed by atoms with E-state index in [0.29, 0.717) is 12.2 Å². The van der Waals surface area contributed by atoms with Crippen LogP contribution in [0.3, 0.4) is 0 Å². The van der Waals surface area contributed by atoms with Crippen LogP contribution in [0.25, 0.3) is 0 Å². The van der Waals surface area contributed by atoms with Crippen LogP contribution in [0.4, 0.5) is 10.1 Å². The Morgan fingerprint density at radius 1 is 1.00 bits per heavy atom. The minimum Gasteiger partial charge on any atom is -0.378 e. The summed E-state index contributed by atoms with van der Waals surface area (Å²) < 4.78 is 15.3. The summed E-state index contributed by atoms with van der Waals surface area (Å²) in [5.74, 6) is -0.253. The molecule has 0 aliphatic heterocycles. The highest BCUT2D eigenvalue weighted by molar-refractivity contribution is 9.10. The van der Waals surface area contributed by atoms with E-state index in [0.717, 1.165) is 14.5 Å². The van der Waals surface area contributed by atoms with E-state index >= 15 is 0 Å². The van der Waals surface area contributed by atoms with Crippen LogP contribution in [0.5, 0.6) is 0 Å².